The maximum atomic E-state index is 9.82. The van der Waals surface area contributed by atoms with E-state index in [1.165, 1.54) is 33.6 Å². The number of aliphatic hydroxyl groups is 1. The second kappa shape index (κ2) is 20.5. The molecule has 0 amide bonds. The lowest BCUT2D eigenvalue weighted by atomic mass is 10.4. The molecule has 5 heteroatoms. The molecule has 1 aliphatic heterocycles. The maximum absolute atomic E-state index is 9.82. The molecule has 0 aromatic rings. The lowest BCUT2D eigenvalue weighted by molar-refractivity contribution is -0.140. The number of Topliss-reactive ketones (excluding diaryl/α,β-unsaturated/α-hetero) is 1. The zero-order chi connectivity index (χ0) is 14.1. The summed E-state index contributed by atoms with van der Waals surface area (Å²) in [4.78, 5) is 19.3. The highest BCUT2D eigenvalue weighted by Crippen LogP contribution is 1.98. The first-order valence-corrected chi connectivity index (χ1v) is 5.63. The number of carbonyl (C=O) groups is 2. The fourth-order valence-electron chi connectivity index (χ4n) is 0.714. The highest BCUT2D eigenvalue weighted by atomic mass is 16.5. The number of ketones is 1. The van der Waals surface area contributed by atoms with Crippen LogP contribution in [-0.4, -0.2) is 43.8 Å². The number of rotatable bonds is 1. The molecule has 0 aromatic carbocycles. The van der Waals surface area contributed by atoms with Gasteiger partial charge in [0.1, 0.15) is 5.78 Å². The van der Waals surface area contributed by atoms with Crippen molar-refractivity contribution in [1.82, 2.24) is 0 Å². The Balaban J connectivity index is -0.000000164. The standard InChI is InChI=1S/C4H8O2.C4H8O.C3H6O.CH4O/c1-3-6-4(2)5;1-2-4-5-3-1;1-3(2)4;1-2/h3H2,1-2H3;1-4H2;1-2H3;2H,1H3. The number of ether oxygens (including phenoxy) is 2. The van der Waals surface area contributed by atoms with Crippen LogP contribution in [0.25, 0.3) is 0 Å². The van der Waals surface area contributed by atoms with Crippen LogP contribution >= 0.6 is 0 Å². The first-order valence-electron chi connectivity index (χ1n) is 5.63. The molecule has 1 rings (SSSR count). The Kier molecular flexibility index (Phi) is 25.7. The van der Waals surface area contributed by atoms with Gasteiger partial charge in [-0.05, 0) is 33.6 Å². The number of hydrogen-bond donors (Lipinski definition) is 1. The van der Waals surface area contributed by atoms with Crippen molar-refractivity contribution in [1.29, 1.82) is 0 Å². The minimum Gasteiger partial charge on any atom is -0.466 e. The molecule has 1 heterocycles. The summed E-state index contributed by atoms with van der Waals surface area (Å²) in [7, 11) is 1.00. The molecule has 1 N–H and O–H groups in total. The molecule has 0 unspecified atom stereocenters. The van der Waals surface area contributed by atoms with Crippen molar-refractivity contribution in [2.45, 2.75) is 40.5 Å². The molecule has 5 nitrogen and oxygen atoms in total. The molecule has 0 bridgehead atoms. The third kappa shape index (κ3) is 51.5. The van der Waals surface area contributed by atoms with Gasteiger partial charge in [0.2, 0.25) is 0 Å². The Morgan fingerprint density at radius 3 is 1.53 bits per heavy atom. The van der Waals surface area contributed by atoms with E-state index in [-0.39, 0.29) is 11.8 Å². The molecular formula is C12H26O5. The number of carbonyl (C=O) groups excluding carboxylic acids is 2. The average Bonchev–Trinajstić information content (AvgIpc) is 2.77. The van der Waals surface area contributed by atoms with Gasteiger partial charge in [0.05, 0.1) is 6.61 Å². The van der Waals surface area contributed by atoms with Gasteiger partial charge in [-0.3, -0.25) is 4.79 Å². The minimum atomic E-state index is -0.211. The topological polar surface area (TPSA) is 72.8 Å². The van der Waals surface area contributed by atoms with Gasteiger partial charge in [0, 0.05) is 27.2 Å². The van der Waals surface area contributed by atoms with Crippen LogP contribution < -0.4 is 0 Å². The Hall–Kier alpha value is -0.940. The van der Waals surface area contributed by atoms with Crippen LogP contribution in [0.4, 0.5) is 0 Å². The van der Waals surface area contributed by atoms with Crippen molar-refractivity contribution >= 4 is 11.8 Å². The van der Waals surface area contributed by atoms with E-state index in [9.17, 15) is 9.59 Å². The smallest absolute Gasteiger partial charge is 0.302 e. The maximum Gasteiger partial charge on any atom is 0.302 e. The van der Waals surface area contributed by atoms with E-state index in [2.05, 4.69) is 4.74 Å². The molecule has 1 saturated heterocycles. The van der Waals surface area contributed by atoms with Gasteiger partial charge >= 0.3 is 5.97 Å². The Morgan fingerprint density at radius 1 is 1.12 bits per heavy atom. The zero-order valence-electron chi connectivity index (χ0n) is 11.6. The van der Waals surface area contributed by atoms with E-state index >= 15 is 0 Å². The van der Waals surface area contributed by atoms with Crippen LogP contribution in [-0.2, 0) is 19.1 Å². The monoisotopic (exact) mass is 250 g/mol. The van der Waals surface area contributed by atoms with Crippen molar-refractivity contribution in [2.24, 2.45) is 0 Å². The minimum absolute atomic E-state index is 0.167. The second-order valence-electron chi connectivity index (χ2n) is 3.15. The quantitative estimate of drug-likeness (QED) is 0.715. The van der Waals surface area contributed by atoms with E-state index in [0.717, 1.165) is 20.3 Å². The van der Waals surface area contributed by atoms with Gasteiger partial charge in [-0.1, -0.05) is 0 Å². The molecule has 17 heavy (non-hydrogen) atoms. The van der Waals surface area contributed by atoms with Gasteiger partial charge in [0.15, 0.2) is 0 Å². The third-order valence-electron chi connectivity index (χ3n) is 1.17. The Bertz CT molecular complexity index is 153. The first kappa shape index (κ1) is 21.4. The van der Waals surface area contributed by atoms with Crippen LogP contribution in [0.5, 0.6) is 0 Å². The number of aliphatic hydroxyl groups excluding tert-OH is 1. The first-order chi connectivity index (χ1) is 8.00. The molecule has 104 valence electrons. The van der Waals surface area contributed by atoms with Gasteiger partial charge in [0.25, 0.3) is 0 Å². The Morgan fingerprint density at radius 2 is 1.47 bits per heavy atom. The Labute approximate surface area is 104 Å². The fourth-order valence-corrected chi connectivity index (χ4v) is 0.714. The number of esters is 1. The summed E-state index contributed by atoms with van der Waals surface area (Å²) < 4.78 is 9.35. The van der Waals surface area contributed by atoms with Crippen molar-refractivity contribution in [3.8, 4) is 0 Å². The zero-order valence-corrected chi connectivity index (χ0v) is 11.6. The predicted molar refractivity (Wildman–Crippen MR) is 66.9 cm³/mol. The molecule has 1 aliphatic rings. The van der Waals surface area contributed by atoms with E-state index in [1.807, 2.05) is 0 Å². The third-order valence-corrected chi connectivity index (χ3v) is 1.17. The molecule has 0 atom stereocenters. The lowest BCUT2D eigenvalue weighted by Crippen LogP contribution is -1.95. The van der Waals surface area contributed by atoms with E-state index in [1.54, 1.807) is 6.92 Å². The van der Waals surface area contributed by atoms with E-state index in [4.69, 9.17) is 9.84 Å². The molecule has 0 spiro atoms. The predicted octanol–water partition coefficient (Wildman–Crippen LogP) is 1.57. The second-order valence-corrected chi connectivity index (χ2v) is 3.15. The summed E-state index contributed by atoms with van der Waals surface area (Å²) in [5, 5.41) is 7.00. The number of hydrogen-bond acceptors (Lipinski definition) is 5. The molecule has 0 aliphatic carbocycles. The highest BCUT2D eigenvalue weighted by Gasteiger charge is 1.94. The highest BCUT2D eigenvalue weighted by molar-refractivity contribution is 5.72. The molecule has 0 aromatic heterocycles. The summed E-state index contributed by atoms with van der Waals surface area (Å²) >= 11 is 0. The van der Waals surface area contributed by atoms with Crippen LogP contribution in [0.2, 0.25) is 0 Å². The van der Waals surface area contributed by atoms with Crippen LogP contribution in [0.15, 0.2) is 0 Å². The SMILES string of the molecule is C1CCOC1.CC(C)=O.CCOC(C)=O.CO. The summed E-state index contributed by atoms with van der Waals surface area (Å²) in [5.74, 6) is -0.0440. The van der Waals surface area contributed by atoms with Crippen LogP contribution in [0, 0.1) is 0 Å². The summed E-state index contributed by atoms with van der Waals surface area (Å²) in [5.41, 5.74) is 0. The average molecular weight is 250 g/mol. The van der Waals surface area contributed by atoms with Crippen LogP contribution in [0.3, 0.4) is 0 Å². The van der Waals surface area contributed by atoms with Crippen molar-refractivity contribution in [3.05, 3.63) is 0 Å². The van der Waals surface area contributed by atoms with Crippen molar-refractivity contribution < 1.29 is 24.2 Å². The fraction of sp³-hybridized carbons (Fsp3) is 0.833. The molecular weight excluding hydrogens is 224 g/mol. The summed E-state index contributed by atoms with van der Waals surface area (Å²) in [6, 6.07) is 0. The normalized spacial score (nSPS) is 11.6. The van der Waals surface area contributed by atoms with Gasteiger partial charge in [-0.15, -0.1) is 0 Å². The van der Waals surface area contributed by atoms with Crippen LogP contribution in [0.1, 0.15) is 40.5 Å². The molecule has 0 radical (unpaired) electrons. The van der Waals surface area contributed by atoms with Crippen molar-refractivity contribution in [2.75, 3.05) is 26.9 Å². The summed E-state index contributed by atoms with van der Waals surface area (Å²) in [6.07, 6.45) is 2.56. The van der Waals surface area contributed by atoms with Crippen molar-refractivity contribution in [3.63, 3.8) is 0 Å². The van der Waals surface area contributed by atoms with Gasteiger partial charge in [-0.2, -0.15) is 0 Å². The largest absolute Gasteiger partial charge is 0.466 e. The van der Waals surface area contributed by atoms with Gasteiger partial charge < -0.3 is 19.4 Å². The lowest BCUT2D eigenvalue weighted by Gasteiger charge is -1.89. The molecule has 1 fully saturated rings. The molecule has 0 saturated carbocycles. The van der Waals surface area contributed by atoms with E-state index in [0.29, 0.717) is 6.61 Å². The van der Waals surface area contributed by atoms with E-state index < -0.39 is 0 Å². The van der Waals surface area contributed by atoms with Gasteiger partial charge in [-0.25, -0.2) is 0 Å². The summed E-state index contributed by atoms with van der Waals surface area (Å²) in [6.45, 7) is 8.71.